The zero-order valence-corrected chi connectivity index (χ0v) is 13.5. The van der Waals surface area contributed by atoms with Crippen molar-refractivity contribution >= 4 is 0 Å². The maximum Gasteiger partial charge on any atom is 0.0465 e. The minimum atomic E-state index is 0.239. The fraction of sp³-hybridized carbons (Fsp3) is 1.00. The van der Waals surface area contributed by atoms with Crippen LogP contribution in [0.3, 0.4) is 0 Å². The third-order valence-electron chi connectivity index (χ3n) is 4.46. The third kappa shape index (κ3) is 4.22. The highest BCUT2D eigenvalue weighted by atomic mass is 16.5. The van der Waals surface area contributed by atoms with Crippen molar-refractivity contribution in [3.8, 4) is 0 Å². The van der Waals surface area contributed by atoms with Crippen LogP contribution in [0.2, 0.25) is 0 Å². The fourth-order valence-electron chi connectivity index (χ4n) is 3.21. The van der Waals surface area contributed by atoms with Gasteiger partial charge in [-0.1, -0.05) is 27.7 Å². The first-order valence-electron chi connectivity index (χ1n) is 7.39. The van der Waals surface area contributed by atoms with E-state index >= 15 is 0 Å². The number of likely N-dealkylation sites (N-methyl/N-ethyl adjacent to an activating group) is 2. The average Bonchev–Trinajstić information content (AvgIpc) is 2.36. The lowest BCUT2D eigenvalue weighted by molar-refractivity contribution is 0.0537. The molecule has 0 bridgehead atoms. The van der Waals surface area contributed by atoms with E-state index in [0.29, 0.717) is 12.0 Å². The molecule has 1 N–H and O–H groups in total. The molecule has 0 aliphatic heterocycles. The Kier molecular flexibility index (Phi) is 8.83. The molecule has 0 aromatic heterocycles. The van der Waals surface area contributed by atoms with Crippen molar-refractivity contribution in [2.24, 2.45) is 5.92 Å². The maximum absolute atomic E-state index is 5.24. The lowest BCUT2D eigenvalue weighted by atomic mass is 9.76. The molecule has 0 aromatic rings. The number of nitrogens with one attached hydrogen (secondary N) is 1. The Morgan fingerprint density at radius 3 is 2.06 bits per heavy atom. The van der Waals surface area contributed by atoms with Gasteiger partial charge in [-0.15, -0.1) is 0 Å². The third-order valence-corrected chi connectivity index (χ3v) is 4.46. The second-order valence-corrected chi connectivity index (χ2v) is 5.50. The number of rotatable bonds is 10. The highest BCUT2D eigenvalue weighted by molar-refractivity contribution is 4.99. The van der Waals surface area contributed by atoms with Crippen LogP contribution in [0.25, 0.3) is 0 Å². The van der Waals surface area contributed by atoms with Crippen molar-refractivity contribution in [2.75, 3.05) is 34.4 Å². The largest absolute Gasteiger partial charge is 0.385 e. The van der Waals surface area contributed by atoms with Crippen LogP contribution in [0, 0.1) is 5.92 Å². The molecule has 0 aliphatic rings. The summed E-state index contributed by atoms with van der Waals surface area (Å²) in [4.78, 5) is 2.41. The van der Waals surface area contributed by atoms with E-state index in [4.69, 9.17) is 4.74 Å². The van der Waals surface area contributed by atoms with E-state index in [1.807, 2.05) is 0 Å². The normalized spacial score (nSPS) is 16.0. The molecule has 0 saturated carbocycles. The zero-order valence-electron chi connectivity index (χ0n) is 13.5. The Morgan fingerprint density at radius 1 is 1.17 bits per heavy atom. The van der Waals surface area contributed by atoms with Crippen molar-refractivity contribution < 1.29 is 4.74 Å². The Labute approximate surface area is 114 Å². The van der Waals surface area contributed by atoms with Gasteiger partial charge < -0.3 is 15.0 Å². The van der Waals surface area contributed by atoms with Gasteiger partial charge >= 0.3 is 0 Å². The lowest BCUT2D eigenvalue weighted by Gasteiger charge is -2.48. The Hall–Kier alpha value is -0.120. The first kappa shape index (κ1) is 17.9. The summed E-state index contributed by atoms with van der Waals surface area (Å²) in [6, 6.07) is 0.516. The Morgan fingerprint density at radius 2 is 1.72 bits per heavy atom. The van der Waals surface area contributed by atoms with Gasteiger partial charge in [0.05, 0.1) is 0 Å². The highest BCUT2D eigenvalue weighted by Gasteiger charge is 2.39. The average molecular weight is 258 g/mol. The van der Waals surface area contributed by atoms with Gasteiger partial charge in [0, 0.05) is 25.3 Å². The van der Waals surface area contributed by atoms with Crippen LogP contribution >= 0.6 is 0 Å². The van der Waals surface area contributed by atoms with E-state index in [0.717, 1.165) is 19.6 Å². The first-order valence-corrected chi connectivity index (χ1v) is 7.39. The molecule has 0 radical (unpaired) electrons. The fourth-order valence-corrected chi connectivity index (χ4v) is 3.21. The predicted molar refractivity (Wildman–Crippen MR) is 80.1 cm³/mol. The second kappa shape index (κ2) is 8.89. The van der Waals surface area contributed by atoms with Crippen LogP contribution < -0.4 is 5.32 Å². The number of hydrogen-bond acceptors (Lipinski definition) is 3. The summed E-state index contributed by atoms with van der Waals surface area (Å²) in [7, 11) is 6.20. The smallest absolute Gasteiger partial charge is 0.0465 e. The van der Waals surface area contributed by atoms with Crippen LogP contribution in [0.1, 0.15) is 47.0 Å². The van der Waals surface area contributed by atoms with Gasteiger partial charge in [0.1, 0.15) is 0 Å². The van der Waals surface area contributed by atoms with Gasteiger partial charge in [-0.2, -0.15) is 0 Å². The molecule has 18 heavy (non-hydrogen) atoms. The first-order chi connectivity index (χ1) is 8.49. The summed E-state index contributed by atoms with van der Waals surface area (Å²) < 4.78 is 5.24. The van der Waals surface area contributed by atoms with Crippen molar-refractivity contribution in [3.63, 3.8) is 0 Å². The molecule has 0 aromatic carbocycles. The summed E-state index contributed by atoms with van der Waals surface area (Å²) >= 11 is 0. The van der Waals surface area contributed by atoms with Gasteiger partial charge in [0.2, 0.25) is 0 Å². The van der Waals surface area contributed by atoms with Crippen molar-refractivity contribution in [2.45, 2.75) is 58.5 Å². The molecule has 0 fully saturated rings. The molecule has 0 spiro atoms. The van der Waals surface area contributed by atoms with Crippen LogP contribution in [0.5, 0.6) is 0 Å². The Bertz CT molecular complexity index is 203. The van der Waals surface area contributed by atoms with Crippen LogP contribution in [0.15, 0.2) is 0 Å². The molecule has 0 saturated heterocycles. The van der Waals surface area contributed by atoms with E-state index in [-0.39, 0.29) is 5.54 Å². The topological polar surface area (TPSA) is 24.5 Å². The summed E-state index contributed by atoms with van der Waals surface area (Å²) in [5.41, 5.74) is 0.239. The van der Waals surface area contributed by atoms with Crippen LogP contribution in [-0.4, -0.2) is 50.8 Å². The number of hydrogen-bond donors (Lipinski definition) is 1. The van der Waals surface area contributed by atoms with Crippen molar-refractivity contribution in [1.29, 1.82) is 0 Å². The number of nitrogens with zero attached hydrogens (tertiary/aromatic N) is 1. The molecule has 110 valence electrons. The lowest BCUT2D eigenvalue weighted by Crippen LogP contribution is -2.61. The molecular formula is C15H34N2O. The predicted octanol–water partition coefficient (Wildman–Crippen LogP) is 2.76. The number of ether oxygens (including phenoxy) is 1. The van der Waals surface area contributed by atoms with E-state index in [9.17, 15) is 0 Å². The number of methoxy groups -OCH3 is 1. The van der Waals surface area contributed by atoms with E-state index < -0.39 is 0 Å². The second-order valence-electron chi connectivity index (χ2n) is 5.50. The summed E-state index contributed by atoms with van der Waals surface area (Å²) in [6.07, 6.45) is 3.46. The van der Waals surface area contributed by atoms with E-state index in [1.165, 1.54) is 12.8 Å². The molecule has 0 heterocycles. The van der Waals surface area contributed by atoms with Gasteiger partial charge in [-0.3, -0.25) is 0 Å². The molecular weight excluding hydrogens is 224 g/mol. The summed E-state index contributed by atoms with van der Waals surface area (Å²) in [5.74, 6) is 0.618. The molecule has 3 heteroatoms. The minimum Gasteiger partial charge on any atom is -0.385 e. The van der Waals surface area contributed by atoms with E-state index in [1.54, 1.807) is 7.11 Å². The van der Waals surface area contributed by atoms with Gasteiger partial charge in [0.25, 0.3) is 0 Å². The molecule has 0 amide bonds. The minimum absolute atomic E-state index is 0.239. The highest BCUT2D eigenvalue weighted by Crippen LogP contribution is 2.31. The van der Waals surface area contributed by atoms with Crippen molar-refractivity contribution in [1.82, 2.24) is 10.2 Å². The van der Waals surface area contributed by atoms with Crippen molar-refractivity contribution in [3.05, 3.63) is 0 Å². The molecule has 3 nitrogen and oxygen atoms in total. The van der Waals surface area contributed by atoms with Gasteiger partial charge in [-0.05, 0) is 45.8 Å². The monoisotopic (exact) mass is 258 g/mol. The standard InChI is InChI=1S/C15H34N2O/c1-8-15(9-2,17(5)6)14(16-10-3)13(4)11-12-18-7/h13-14,16H,8-12H2,1-7H3. The zero-order chi connectivity index (χ0) is 14.2. The van der Waals surface area contributed by atoms with Crippen LogP contribution in [-0.2, 0) is 4.74 Å². The molecule has 0 rings (SSSR count). The van der Waals surface area contributed by atoms with E-state index in [2.05, 4.69) is 52.0 Å². The SMILES string of the molecule is CCNC(C(C)CCOC)C(CC)(CC)N(C)C. The molecule has 2 unspecified atom stereocenters. The maximum atomic E-state index is 5.24. The van der Waals surface area contributed by atoms with Gasteiger partial charge in [0.15, 0.2) is 0 Å². The summed E-state index contributed by atoms with van der Waals surface area (Å²) in [6.45, 7) is 11.0. The summed E-state index contributed by atoms with van der Waals surface area (Å²) in [5, 5.41) is 3.72. The quantitative estimate of drug-likeness (QED) is 0.652. The Balaban J connectivity index is 5.01. The molecule has 0 aliphatic carbocycles. The van der Waals surface area contributed by atoms with Crippen LogP contribution in [0.4, 0.5) is 0 Å². The molecule has 2 atom stereocenters. The van der Waals surface area contributed by atoms with Gasteiger partial charge in [-0.25, -0.2) is 0 Å².